The molecule has 0 aliphatic carbocycles. The van der Waals surface area contributed by atoms with Crippen LogP contribution in [0.5, 0.6) is 0 Å². The van der Waals surface area contributed by atoms with Gasteiger partial charge in [-0.25, -0.2) is 4.39 Å². The smallest absolute Gasteiger partial charge is 0.127 e. The van der Waals surface area contributed by atoms with E-state index in [4.69, 9.17) is 11.1 Å². The lowest BCUT2D eigenvalue weighted by Crippen LogP contribution is -2.11. The predicted molar refractivity (Wildman–Crippen MR) is 71.3 cm³/mol. The number of benzene rings is 2. The molecular weight excluding hydrogens is 227 g/mol. The van der Waals surface area contributed by atoms with Crippen LogP contribution in [0, 0.1) is 11.2 Å². The number of amidine groups is 1. The molecule has 2 aromatic carbocycles. The topological polar surface area (TPSA) is 49.9 Å². The normalized spacial score (nSPS) is 10.3. The molecule has 0 unspecified atom stereocenters. The highest BCUT2D eigenvalue weighted by Crippen LogP contribution is 2.13. The molecule has 2 nitrogen and oxygen atoms in total. The van der Waals surface area contributed by atoms with E-state index < -0.39 is 0 Å². The van der Waals surface area contributed by atoms with Gasteiger partial charge in [0.2, 0.25) is 0 Å². The minimum absolute atomic E-state index is 0.108. The molecule has 0 aliphatic heterocycles. The summed E-state index contributed by atoms with van der Waals surface area (Å²) in [5, 5.41) is 7.25. The summed E-state index contributed by atoms with van der Waals surface area (Å²) >= 11 is 0. The second-order valence-electron chi connectivity index (χ2n) is 4.21. The zero-order valence-corrected chi connectivity index (χ0v) is 9.99. The average molecular weight is 242 g/mol. The van der Waals surface area contributed by atoms with E-state index in [1.807, 2.05) is 30.3 Å². The van der Waals surface area contributed by atoms with E-state index in [1.165, 1.54) is 11.6 Å². The number of rotatable bonds is 4. The van der Waals surface area contributed by atoms with Gasteiger partial charge in [0.05, 0.1) is 0 Å². The summed E-state index contributed by atoms with van der Waals surface area (Å²) in [7, 11) is 0. The van der Waals surface area contributed by atoms with Gasteiger partial charge in [0.1, 0.15) is 11.7 Å². The minimum atomic E-state index is -0.293. The monoisotopic (exact) mass is 242 g/mol. The number of nitrogen functional groups attached to an aromatic ring is 1. The molecule has 0 aliphatic rings. The quantitative estimate of drug-likeness (QED) is 0.628. The zero-order valence-electron chi connectivity index (χ0n) is 9.99. The molecule has 0 atom stereocenters. The van der Waals surface area contributed by atoms with Gasteiger partial charge in [-0.15, -0.1) is 0 Å². The van der Waals surface area contributed by atoms with Gasteiger partial charge in [-0.2, -0.15) is 0 Å². The number of hydrogen-bond acceptors (Lipinski definition) is 1. The first-order chi connectivity index (χ1) is 8.66. The molecule has 0 amide bonds. The van der Waals surface area contributed by atoms with E-state index in [9.17, 15) is 4.39 Å². The van der Waals surface area contributed by atoms with E-state index in [1.54, 1.807) is 12.1 Å². The Balaban J connectivity index is 2.08. The maximum atomic E-state index is 13.8. The van der Waals surface area contributed by atoms with Crippen LogP contribution in [0.25, 0.3) is 0 Å². The number of hydrogen-bond donors (Lipinski definition) is 2. The van der Waals surface area contributed by atoms with Crippen molar-refractivity contribution < 1.29 is 4.39 Å². The number of halogens is 1. The maximum absolute atomic E-state index is 13.8. The highest BCUT2D eigenvalue weighted by atomic mass is 19.1. The van der Waals surface area contributed by atoms with Crippen molar-refractivity contribution >= 4 is 5.84 Å². The van der Waals surface area contributed by atoms with Crippen molar-refractivity contribution in [2.24, 2.45) is 5.73 Å². The molecule has 0 saturated heterocycles. The Morgan fingerprint density at radius 1 is 1.06 bits per heavy atom. The summed E-state index contributed by atoms with van der Waals surface area (Å²) in [4.78, 5) is 0. The van der Waals surface area contributed by atoms with Gasteiger partial charge in [-0.1, -0.05) is 42.5 Å². The fraction of sp³-hybridized carbons (Fsp3) is 0.133. The third-order valence-corrected chi connectivity index (χ3v) is 2.89. The summed E-state index contributed by atoms with van der Waals surface area (Å²) in [5.41, 5.74) is 7.59. The fourth-order valence-corrected chi connectivity index (χ4v) is 1.84. The lowest BCUT2D eigenvalue weighted by molar-refractivity contribution is 0.608. The average Bonchev–Trinajstić information content (AvgIpc) is 2.38. The Bertz CT molecular complexity index is 550. The van der Waals surface area contributed by atoms with Crippen molar-refractivity contribution in [1.82, 2.24) is 0 Å². The van der Waals surface area contributed by atoms with E-state index in [0.717, 1.165) is 6.42 Å². The first-order valence-electron chi connectivity index (χ1n) is 5.83. The summed E-state index contributed by atoms with van der Waals surface area (Å²) < 4.78 is 13.8. The van der Waals surface area contributed by atoms with Gasteiger partial charge in [-0.05, 0) is 30.0 Å². The molecule has 0 fully saturated rings. The molecule has 0 saturated carbocycles. The molecule has 0 bridgehead atoms. The van der Waals surface area contributed by atoms with Crippen LogP contribution in [0.2, 0.25) is 0 Å². The van der Waals surface area contributed by atoms with Crippen molar-refractivity contribution in [3.63, 3.8) is 0 Å². The van der Waals surface area contributed by atoms with Crippen LogP contribution in [0.3, 0.4) is 0 Å². The van der Waals surface area contributed by atoms with Gasteiger partial charge in [0, 0.05) is 5.56 Å². The van der Waals surface area contributed by atoms with Gasteiger partial charge in [-0.3, -0.25) is 5.41 Å². The standard InChI is InChI=1S/C15H15FN2/c16-14-10-13(15(17)18)9-8-12(14)7-6-11-4-2-1-3-5-11/h1-5,8-10H,6-7H2,(H3,17,18). The SMILES string of the molecule is N=C(N)c1ccc(CCc2ccccc2)c(F)c1. The van der Waals surface area contributed by atoms with Crippen LogP contribution < -0.4 is 5.73 Å². The van der Waals surface area contributed by atoms with Gasteiger partial charge < -0.3 is 5.73 Å². The molecule has 2 aromatic rings. The molecule has 0 radical (unpaired) electrons. The fourth-order valence-electron chi connectivity index (χ4n) is 1.84. The number of nitrogens with two attached hydrogens (primary N) is 1. The summed E-state index contributed by atoms with van der Waals surface area (Å²) in [6, 6.07) is 14.7. The van der Waals surface area contributed by atoms with Crippen molar-refractivity contribution in [2.45, 2.75) is 12.8 Å². The van der Waals surface area contributed by atoms with Crippen molar-refractivity contribution in [2.75, 3.05) is 0 Å². The largest absolute Gasteiger partial charge is 0.384 e. The lowest BCUT2D eigenvalue weighted by Gasteiger charge is -2.05. The van der Waals surface area contributed by atoms with Gasteiger partial charge >= 0.3 is 0 Å². The Kier molecular flexibility index (Phi) is 3.72. The number of nitrogens with one attached hydrogen (secondary N) is 1. The van der Waals surface area contributed by atoms with Crippen LogP contribution in [-0.4, -0.2) is 5.84 Å². The first kappa shape index (κ1) is 12.3. The van der Waals surface area contributed by atoms with Crippen LogP contribution in [0.1, 0.15) is 16.7 Å². The molecule has 0 spiro atoms. The van der Waals surface area contributed by atoms with Gasteiger partial charge in [0.15, 0.2) is 0 Å². The Morgan fingerprint density at radius 3 is 2.39 bits per heavy atom. The molecule has 3 heteroatoms. The number of aryl methyl sites for hydroxylation is 2. The summed E-state index contributed by atoms with van der Waals surface area (Å²) in [6.45, 7) is 0. The second kappa shape index (κ2) is 5.45. The van der Waals surface area contributed by atoms with Crippen LogP contribution in [0.4, 0.5) is 4.39 Å². The Labute approximate surface area is 106 Å². The molecule has 2 rings (SSSR count). The summed E-state index contributed by atoms with van der Waals surface area (Å²) in [6.07, 6.45) is 1.45. The molecule has 18 heavy (non-hydrogen) atoms. The van der Waals surface area contributed by atoms with E-state index in [-0.39, 0.29) is 11.7 Å². The van der Waals surface area contributed by atoms with Crippen molar-refractivity contribution in [3.05, 3.63) is 71.0 Å². The third-order valence-electron chi connectivity index (χ3n) is 2.89. The molecule has 92 valence electrons. The van der Waals surface area contributed by atoms with Crippen LogP contribution >= 0.6 is 0 Å². The molecule has 0 heterocycles. The van der Waals surface area contributed by atoms with Crippen LogP contribution in [0.15, 0.2) is 48.5 Å². The van der Waals surface area contributed by atoms with Gasteiger partial charge in [0.25, 0.3) is 0 Å². The third kappa shape index (κ3) is 2.94. The van der Waals surface area contributed by atoms with Crippen molar-refractivity contribution in [3.8, 4) is 0 Å². The highest BCUT2D eigenvalue weighted by molar-refractivity contribution is 5.94. The zero-order chi connectivity index (χ0) is 13.0. The highest BCUT2D eigenvalue weighted by Gasteiger charge is 2.05. The Morgan fingerprint density at radius 2 is 1.78 bits per heavy atom. The predicted octanol–water partition coefficient (Wildman–Crippen LogP) is 2.89. The molecule has 3 N–H and O–H groups in total. The molecular formula is C15H15FN2. The Hall–Kier alpha value is -2.16. The van der Waals surface area contributed by atoms with Crippen molar-refractivity contribution in [1.29, 1.82) is 5.41 Å². The molecule has 0 aromatic heterocycles. The maximum Gasteiger partial charge on any atom is 0.127 e. The minimum Gasteiger partial charge on any atom is -0.384 e. The van der Waals surface area contributed by atoms with E-state index in [2.05, 4.69) is 0 Å². The first-order valence-corrected chi connectivity index (χ1v) is 5.83. The lowest BCUT2D eigenvalue weighted by atomic mass is 10.0. The van der Waals surface area contributed by atoms with Crippen LogP contribution in [-0.2, 0) is 12.8 Å². The van der Waals surface area contributed by atoms with E-state index >= 15 is 0 Å². The second-order valence-corrected chi connectivity index (χ2v) is 4.21. The summed E-state index contributed by atoms with van der Waals surface area (Å²) in [5.74, 6) is -0.401. The van der Waals surface area contributed by atoms with E-state index in [0.29, 0.717) is 17.5 Å².